The Morgan fingerprint density at radius 1 is 1.16 bits per heavy atom. The Bertz CT molecular complexity index is 449. The van der Waals surface area contributed by atoms with Gasteiger partial charge in [-0.2, -0.15) is 5.10 Å². The largest absolute Gasteiger partial charge is 0.507 e. The number of benzene rings is 1. The summed E-state index contributed by atoms with van der Waals surface area (Å²) < 4.78 is 0. The van der Waals surface area contributed by atoms with Gasteiger partial charge in [0.1, 0.15) is 5.75 Å². The number of hydrogen-bond acceptors (Lipinski definition) is 3. The molecule has 0 amide bonds. The van der Waals surface area contributed by atoms with E-state index in [2.05, 4.69) is 24.0 Å². The van der Waals surface area contributed by atoms with Gasteiger partial charge in [-0.15, -0.1) is 0 Å². The molecule has 0 aromatic heterocycles. The minimum absolute atomic E-state index is 0.386. The van der Waals surface area contributed by atoms with Crippen molar-refractivity contribution < 1.29 is 5.11 Å². The molecule has 0 bridgehead atoms. The number of hydrazone groups is 1. The van der Waals surface area contributed by atoms with Crippen LogP contribution in [0, 0.1) is 13.8 Å². The van der Waals surface area contributed by atoms with E-state index in [4.69, 9.17) is 0 Å². The summed E-state index contributed by atoms with van der Waals surface area (Å²) in [6.07, 6.45) is 5.65. The number of piperidine rings is 1. The molecule has 1 aliphatic rings. The van der Waals surface area contributed by atoms with E-state index in [1.165, 1.54) is 19.3 Å². The molecular weight excluding hydrogens is 236 g/mol. The molecule has 1 aromatic rings. The molecule has 104 valence electrons. The number of aryl methyl sites for hydroxylation is 2. The molecule has 3 nitrogen and oxygen atoms in total. The highest BCUT2D eigenvalue weighted by Crippen LogP contribution is 2.24. The molecule has 19 heavy (non-hydrogen) atoms. The molecule has 1 fully saturated rings. The van der Waals surface area contributed by atoms with Crippen LogP contribution in [0.2, 0.25) is 0 Å². The highest BCUT2D eigenvalue weighted by molar-refractivity contribution is 5.80. The van der Waals surface area contributed by atoms with Gasteiger partial charge in [-0.25, -0.2) is 0 Å². The molecule has 1 aromatic carbocycles. The molecule has 2 atom stereocenters. The SMILES string of the molecule is Cc1cc(/C=N/N2[C@H](C)CCC[C@@H]2C)cc(C)c1O. The maximum absolute atomic E-state index is 9.78. The zero-order valence-corrected chi connectivity index (χ0v) is 12.3. The molecule has 1 saturated heterocycles. The summed E-state index contributed by atoms with van der Waals surface area (Å²) in [6, 6.07) is 4.98. The molecule has 1 heterocycles. The molecule has 1 aliphatic heterocycles. The van der Waals surface area contributed by atoms with Gasteiger partial charge in [0, 0.05) is 12.1 Å². The van der Waals surface area contributed by atoms with Gasteiger partial charge in [0.25, 0.3) is 0 Å². The van der Waals surface area contributed by atoms with E-state index >= 15 is 0 Å². The molecule has 2 rings (SSSR count). The van der Waals surface area contributed by atoms with Gasteiger partial charge in [-0.05, 0) is 75.8 Å². The monoisotopic (exact) mass is 260 g/mol. The Balaban J connectivity index is 2.18. The predicted molar refractivity (Wildman–Crippen MR) is 79.8 cm³/mol. The highest BCUT2D eigenvalue weighted by Gasteiger charge is 2.22. The highest BCUT2D eigenvalue weighted by atomic mass is 16.3. The summed E-state index contributed by atoms with van der Waals surface area (Å²) >= 11 is 0. The van der Waals surface area contributed by atoms with Crippen LogP contribution in [-0.4, -0.2) is 28.4 Å². The number of phenols is 1. The normalized spacial score (nSPS) is 24.1. The maximum atomic E-state index is 9.78. The first-order valence-electron chi connectivity index (χ1n) is 7.11. The van der Waals surface area contributed by atoms with E-state index in [1.807, 2.05) is 32.2 Å². The third kappa shape index (κ3) is 3.09. The lowest BCUT2D eigenvalue weighted by Gasteiger charge is -2.36. The third-order valence-corrected chi connectivity index (χ3v) is 4.00. The molecule has 0 aliphatic carbocycles. The van der Waals surface area contributed by atoms with Gasteiger partial charge in [-0.1, -0.05) is 0 Å². The first kappa shape index (κ1) is 13.9. The van der Waals surface area contributed by atoms with Crippen molar-refractivity contribution in [1.29, 1.82) is 0 Å². The van der Waals surface area contributed by atoms with E-state index in [9.17, 15) is 5.11 Å². The fourth-order valence-corrected chi connectivity index (χ4v) is 2.83. The number of hydrogen-bond donors (Lipinski definition) is 1. The summed E-state index contributed by atoms with van der Waals surface area (Å²) in [4.78, 5) is 0. The van der Waals surface area contributed by atoms with Crippen molar-refractivity contribution in [3.05, 3.63) is 28.8 Å². The van der Waals surface area contributed by atoms with Gasteiger partial charge in [0.15, 0.2) is 0 Å². The first-order chi connectivity index (χ1) is 8.99. The van der Waals surface area contributed by atoms with Crippen LogP contribution in [0.5, 0.6) is 5.75 Å². The van der Waals surface area contributed by atoms with Gasteiger partial charge in [0.05, 0.1) is 6.21 Å². The van der Waals surface area contributed by atoms with Crippen LogP contribution in [0.1, 0.15) is 49.8 Å². The van der Waals surface area contributed by atoms with Crippen molar-refractivity contribution in [2.75, 3.05) is 0 Å². The van der Waals surface area contributed by atoms with Crippen LogP contribution in [0.4, 0.5) is 0 Å². The van der Waals surface area contributed by atoms with Gasteiger partial charge >= 0.3 is 0 Å². The molecule has 0 unspecified atom stereocenters. The lowest BCUT2D eigenvalue weighted by Crippen LogP contribution is -2.39. The lowest BCUT2D eigenvalue weighted by atomic mass is 10.00. The predicted octanol–water partition coefficient (Wildman–Crippen LogP) is 3.61. The minimum atomic E-state index is 0.386. The summed E-state index contributed by atoms with van der Waals surface area (Å²) in [5.74, 6) is 0.386. The summed E-state index contributed by atoms with van der Waals surface area (Å²) in [5, 5.41) is 16.6. The Morgan fingerprint density at radius 2 is 1.68 bits per heavy atom. The number of phenolic OH excluding ortho intramolecular Hbond substituents is 1. The van der Waals surface area contributed by atoms with Gasteiger partial charge in [-0.3, -0.25) is 5.01 Å². The van der Waals surface area contributed by atoms with Crippen molar-refractivity contribution in [2.24, 2.45) is 5.10 Å². The Kier molecular flexibility index (Phi) is 4.13. The summed E-state index contributed by atoms with van der Waals surface area (Å²) in [5.41, 5.74) is 2.86. The Labute approximate surface area is 115 Å². The maximum Gasteiger partial charge on any atom is 0.121 e. The average Bonchev–Trinajstić information content (AvgIpc) is 2.35. The lowest BCUT2D eigenvalue weighted by molar-refractivity contribution is 0.109. The zero-order valence-electron chi connectivity index (χ0n) is 12.3. The quantitative estimate of drug-likeness (QED) is 0.825. The van der Waals surface area contributed by atoms with E-state index in [0.29, 0.717) is 17.8 Å². The van der Waals surface area contributed by atoms with Crippen molar-refractivity contribution in [3.63, 3.8) is 0 Å². The van der Waals surface area contributed by atoms with E-state index < -0.39 is 0 Å². The number of nitrogens with zero attached hydrogens (tertiary/aromatic N) is 2. The van der Waals surface area contributed by atoms with E-state index in [1.54, 1.807) is 0 Å². The first-order valence-corrected chi connectivity index (χ1v) is 7.11. The molecule has 0 spiro atoms. The van der Waals surface area contributed by atoms with Crippen molar-refractivity contribution in [3.8, 4) is 5.75 Å². The molecule has 0 radical (unpaired) electrons. The Morgan fingerprint density at radius 3 is 2.21 bits per heavy atom. The smallest absolute Gasteiger partial charge is 0.121 e. The van der Waals surface area contributed by atoms with Gasteiger partial charge in [0.2, 0.25) is 0 Å². The second kappa shape index (κ2) is 5.64. The van der Waals surface area contributed by atoms with Crippen LogP contribution in [0.15, 0.2) is 17.2 Å². The van der Waals surface area contributed by atoms with Crippen molar-refractivity contribution in [1.82, 2.24) is 5.01 Å². The number of aromatic hydroxyl groups is 1. The molecular formula is C16H24N2O. The van der Waals surface area contributed by atoms with Crippen LogP contribution >= 0.6 is 0 Å². The van der Waals surface area contributed by atoms with Crippen LogP contribution in [0.3, 0.4) is 0 Å². The van der Waals surface area contributed by atoms with Crippen LogP contribution < -0.4 is 0 Å². The van der Waals surface area contributed by atoms with E-state index in [0.717, 1.165) is 16.7 Å². The standard InChI is InChI=1S/C16H24N2O/c1-11-8-15(9-12(2)16(11)19)10-17-18-13(3)6-5-7-14(18)4/h8-10,13-14,19H,5-7H2,1-4H3/b17-10+/t13-,14+. The topological polar surface area (TPSA) is 35.8 Å². The van der Waals surface area contributed by atoms with E-state index in [-0.39, 0.29) is 0 Å². The third-order valence-electron chi connectivity index (χ3n) is 4.00. The second-order valence-electron chi connectivity index (χ2n) is 5.76. The van der Waals surface area contributed by atoms with Gasteiger partial charge < -0.3 is 5.11 Å². The van der Waals surface area contributed by atoms with Crippen LogP contribution in [-0.2, 0) is 0 Å². The summed E-state index contributed by atoms with van der Waals surface area (Å²) in [7, 11) is 0. The fourth-order valence-electron chi connectivity index (χ4n) is 2.83. The van der Waals surface area contributed by atoms with Crippen molar-refractivity contribution >= 4 is 6.21 Å². The van der Waals surface area contributed by atoms with Crippen LogP contribution in [0.25, 0.3) is 0 Å². The molecule has 0 saturated carbocycles. The second-order valence-corrected chi connectivity index (χ2v) is 5.76. The summed E-state index contributed by atoms with van der Waals surface area (Å²) in [6.45, 7) is 8.32. The van der Waals surface area contributed by atoms with Crippen molar-refractivity contribution in [2.45, 2.75) is 59.0 Å². The molecule has 3 heteroatoms. The Hall–Kier alpha value is -1.51. The molecule has 1 N–H and O–H groups in total. The number of rotatable bonds is 2. The average molecular weight is 260 g/mol. The zero-order chi connectivity index (χ0) is 14.0. The minimum Gasteiger partial charge on any atom is -0.507 e. The fraction of sp³-hybridized carbons (Fsp3) is 0.562.